The Morgan fingerprint density at radius 3 is 2.54 bits per heavy atom. The van der Waals surface area contributed by atoms with Gasteiger partial charge >= 0.3 is 5.97 Å². The van der Waals surface area contributed by atoms with Crippen LogP contribution < -0.4 is 0 Å². The maximum absolute atomic E-state index is 10.9. The lowest BCUT2D eigenvalue weighted by Gasteiger charge is -1.97. The molecule has 0 aliphatic carbocycles. The highest BCUT2D eigenvalue weighted by atomic mass is 16.5. The van der Waals surface area contributed by atoms with E-state index in [0.29, 0.717) is 5.56 Å². The second-order valence-corrected chi connectivity index (χ2v) is 2.18. The molecule has 0 saturated carbocycles. The summed E-state index contributed by atoms with van der Waals surface area (Å²) < 4.78 is 4.52. The first-order valence-corrected chi connectivity index (χ1v) is 4.25. The maximum Gasteiger partial charge on any atom is 0.337 e. The van der Waals surface area contributed by atoms with Crippen molar-refractivity contribution in [3.8, 4) is 0 Å². The largest absolute Gasteiger partial charge is 0.465 e. The monoisotopic (exact) mass is 181 g/mol. The Balaban J connectivity index is 0.000000671. The van der Waals surface area contributed by atoms with E-state index in [0.717, 1.165) is 5.69 Å². The van der Waals surface area contributed by atoms with Crippen LogP contribution in [-0.4, -0.2) is 18.1 Å². The van der Waals surface area contributed by atoms with Crippen molar-refractivity contribution in [3.63, 3.8) is 0 Å². The van der Waals surface area contributed by atoms with Gasteiger partial charge in [0.1, 0.15) is 0 Å². The van der Waals surface area contributed by atoms with Crippen molar-refractivity contribution < 1.29 is 9.53 Å². The SMILES string of the molecule is CC.COC(=O)c1ccnc(C)c1. The zero-order chi connectivity index (χ0) is 10.3. The summed E-state index contributed by atoms with van der Waals surface area (Å²) in [5.74, 6) is -0.324. The van der Waals surface area contributed by atoms with Crippen LogP contribution in [0.15, 0.2) is 18.3 Å². The first-order chi connectivity index (χ1) is 6.24. The third-order valence-corrected chi connectivity index (χ3v) is 1.32. The zero-order valence-corrected chi connectivity index (χ0v) is 8.50. The summed E-state index contributed by atoms with van der Waals surface area (Å²) in [6.07, 6.45) is 1.58. The van der Waals surface area contributed by atoms with Gasteiger partial charge in [-0.2, -0.15) is 0 Å². The minimum absolute atomic E-state index is 0.324. The van der Waals surface area contributed by atoms with E-state index in [4.69, 9.17) is 0 Å². The molecule has 0 saturated heterocycles. The molecule has 0 aliphatic heterocycles. The number of aryl methyl sites for hydroxylation is 1. The van der Waals surface area contributed by atoms with Crippen molar-refractivity contribution in [2.24, 2.45) is 0 Å². The predicted octanol–water partition coefficient (Wildman–Crippen LogP) is 2.20. The summed E-state index contributed by atoms with van der Waals surface area (Å²) in [5.41, 5.74) is 1.35. The molecule has 0 amide bonds. The average molecular weight is 181 g/mol. The molecule has 72 valence electrons. The normalized spacial score (nSPS) is 8.31. The smallest absolute Gasteiger partial charge is 0.337 e. The van der Waals surface area contributed by atoms with Crippen LogP contribution in [0.4, 0.5) is 0 Å². The molecule has 1 rings (SSSR count). The van der Waals surface area contributed by atoms with Crippen molar-refractivity contribution in [1.29, 1.82) is 0 Å². The fraction of sp³-hybridized carbons (Fsp3) is 0.400. The summed E-state index contributed by atoms with van der Waals surface area (Å²) in [4.78, 5) is 14.9. The third kappa shape index (κ3) is 3.69. The third-order valence-electron chi connectivity index (χ3n) is 1.32. The number of ether oxygens (including phenoxy) is 1. The van der Waals surface area contributed by atoms with Crippen LogP contribution in [-0.2, 0) is 4.74 Å². The van der Waals surface area contributed by atoms with E-state index in [1.165, 1.54) is 7.11 Å². The lowest BCUT2D eigenvalue weighted by molar-refractivity contribution is 0.0600. The van der Waals surface area contributed by atoms with Gasteiger partial charge in [0.05, 0.1) is 12.7 Å². The quantitative estimate of drug-likeness (QED) is 0.623. The van der Waals surface area contributed by atoms with Crippen LogP contribution in [0, 0.1) is 6.92 Å². The van der Waals surface area contributed by atoms with Crippen LogP contribution >= 0.6 is 0 Å². The number of esters is 1. The summed E-state index contributed by atoms with van der Waals surface area (Å²) in [5, 5.41) is 0. The lowest BCUT2D eigenvalue weighted by atomic mass is 10.2. The van der Waals surface area contributed by atoms with Crippen molar-refractivity contribution in [2.75, 3.05) is 7.11 Å². The van der Waals surface area contributed by atoms with Gasteiger partial charge in [0, 0.05) is 11.9 Å². The number of pyridine rings is 1. The van der Waals surface area contributed by atoms with Gasteiger partial charge in [-0.15, -0.1) is 0 Å². The standard InChI is InChI=1S/C8H9NO2.C2H6/c1-6-5-7(3-4-9-6)8(10)11-2;1-2/h3-5H,1-2H3;1-2H3. The molecule has 0 fully saturated rings. The van der Waals surface area contributed by atoms with Gasteiger partial charge in [-0.05, 0) is 19.1 Å². The fourth-order valence-corrected chi connectivity index (χ4v) is 0.790. The van der Waals surface area contributed by atoms with Crippen molar-refractivity contribution in [3.05, 3.63) is 29.6 Å². The molecule has 0 spiro atoms. The minimum atomic E-state index is -0.324. The Bertz CT molecular complexity index is 271. The van der Waals surface area contributed by atoms with Crippen LogP contribution in [0.3, 0.4) is 0 Å². The number of hydrogen-bond donors (Lipinski definition) is 0. The van der Waals surface area contributed by atoms with Gasteiger partial charge in [0.2, 0.25) is 0 Å². The van der Waals surface area contributed by atoms with E-state index >= 15 is 0 Å². The maximum atomic E-state index is 10.9. The van der Waals surface area contributed by atoms with Gasteiger partial charge in [0.15, 0.2) is 0 Å². The number of methoxy groups -OCH3 is 1. The summed E-state index contributed by atoms with van der Waals surface area (Å²) >= 11 is 0. The first-order valence-electron chi connectivity index (χ1n) is 4.25. The van der Waals surface area contributed by atoms with E-state index in [1.807, 2.05) is 20.8 Å². The second kappa shape index (κ2) is 6.17. The van der Waals surface area contributed by atoms with E-state index in [-0.39, 0.29) is 5.97 Å². The highest BCUT2D eigenvalue weighted by Crippen LogP contribution is 2.01. The Morgan fingerprint density at radius 2 is 2.08 bits per heavy atom. The number of aromatic nitrogens is 1. The van der Waals surface area contributed by atoms with E-state index in [9.17, 15) is 4.79 Å². The van der Waals surface area contributed by atoms with Crippen molar-refractivity contribution >= 4 is 5.97 Å². The number of hydrogen-bond acceptors (Lipinski definition) is 3. The first kappa shape index (κ1) is 11.6. The molecular weight excluding hydrogens is 166 g/mol. The van der Waals surface area contributed by atoms with Gasteiger partial charge in [0.25, 0.3) is 0 Å². The number of nitrogens with zero attached hydrogens (tertiary/aromatic N) is 1. The average Bonchev–Trinajstić information content (AvgIpc) is 2.20. The molecule has 0 bridgehead atoms. The molecule has 0 atom stereocenters. The van der Waals surface area contributed by atoms with Gasteiger partial charge in [-0.25, -0.2) is 4.79 Å². The Kier molecular flexibility index (Phi) is 5.52. The highest BCUT2D eigenvalue weighted by molar-refractivity contribution is 5.89. The second-order valence-electron chi connectivity index (χ2n) is 2.18. The van der Waals surface area contributed by atoms with Crippen molar-refractivity contribution in [1.82, 2.24) is 4.98 Å². The van der Waals surface area contributed by atoms with Crippen LogP contribution in [0.25, 0.3) is 0 Å². The van der Waals surface area contributed by atoms with Gasteiger partial charge in [-0.3, -0.25) is 4.98 Å². The lowest BCUT2D eigenvalue weighted by Crippen LogP contribution is -2.01. The number of rotatable bonds is 1. The van der Waals surface area contributed by atoms with Gasteiger partial charge < -0.3 is 4.74 Å². The molecule has 3 heteroatoms. The fourth-order valence-electron chi connectivity index (χ4n) is 0.790. The molecule has 0 radical (unpaired) electrons. The molecule has 13 heavy (non-hydrogen) atoms. The molecule has 3 nitrogen and oxygen atoms in total. The Morgan fingerprint density at radius 1 is 1.46 bits per heavy atom. The minimum Gasteiger partial charge on any atom is -0.465 e. The summed E-state index contributed by atoms with van der Waals surface area (Å²) in [6.45, 7) is 5.83. The topological polar surface area (TPSA) is 39.2 Å². The van der Waals surface area contributed by atoms with E-state index in [2.05, 4.69) is 9.72 Å². The molecule has 1 heterocycles. The molecule has 0 aromatic carbocycles. The van der Waals surface area contributed by atoms with Crippen LogP contribution in [0.5, 0.6) is 0 Å². The van der Waals surface area contributed by atoms with Gasteiger partial charge in [-0.1, -0.05) is 13.8 Å². The molecular formula is C10H15NO2. The Hall–Kier alpha value is -1.38. The zero-order valence-electron chi connectivity index (χ0n) is 8.50. The molecule has 1 aromatic rings. The number of carbonyl (C=O) groups is 1. The van der Waals surface area contributed by atoms with E-state index < -0.39 is 0 Å². The predicted molar refractivity (Wildman–Crippen MR) is 51.7 cm³/mol. The molecule has 0 unspecified atom stereocenters. The van der Waals surface area contributed by atoms with Crippen LogP contribution in [0.1, 0.15) is 29.9 Å². The molecule has 1 aromatic heterocycles. The van der Waals surface area contributed by atoms with Crippen LogP contribution in [0.2, 0.25) is 0 Å². The highest BCUT2D eigenvalue weighted by Gasteiger charge is 2.03. The molecule has 0 aliphatic rings. The number of carbonyl (C=O) groups excluding carboxylic acids is 1. The van der Waals surface area contributed by atoms with E-state index in [1.54, 1.807) is 18.3 Å². The summed E-state index contributed by atoms with van der Waals surface area (Å²) in [6, 6.07) is 3.31. The Labute approximate surface area is 78.8 Å². The van der Waals surface area contributed by atoms with Crippen molar-refractivity contribution in [2.45, 2.75) is 20.8 Å². The molecule has 0 N–H and O–H groups in total. The summed E-state index contributed by atoms with van der Waals surface area (Å²) in [7, 11) is 1.36.